The van der Waals surface area contributed by atoms with Crippen molar-refractivity contribution < 1.29 is 9.53 Å². The zero-order valence-electron chi connectivity index (χ0n) is 10.5. The topological polar surface area (TPSA) is 76.2 Å². The van der Waals surface area contributed by atoms with Crippen LogP contribution in [0, 0.1) is 5.41 Å². The van der Waals surface area contributed by atoms with Crippen LogP contribution in [-0.4, -0.2) is 18.6 Å². The third kappa shape index (κ3) is 2.63. The van der Waals surface area contributed by atoms with E-state index in [1.165, 1.54) is 7.11 Å². The van der Waals surface area contributed by atoms with Gasteiger partial charge < -0.3 is 10.5 Å². The Balaban J connectivity index is 2.34. The first-order chi connectivity index (χ1) is 9.13. The highest BCUT2D eigenvalue weighted by atomic mass is 16.5. The normalized spacial score (nSPS) is 9.95. The van der Waals surface area contributed by atoms with Crippen LogP contribution in [0.4, 0.5) is 5.69 Å². The average Bonchev–Trinajstić information content (AvgIpc) is 2.46. The van der Waals surface area contributed by atoms with Gasteiger partial charge in [0.15, 0.2) is 0 Å². The minimum Gasteiger partial charge on any atom is -0.497 e. The Morgan fingerprint density at radius 3 is 2.58 bits per heavy atom. The first-order valence-corrected chi connectivity index (χ1v) is 5.75. The maximum atomic E-state index is 12.2. The monoisotopic (exact) mass is 254 g/mol. The van der Waals surface area contributed by atoms with Crippen molar-refractivity contribution in [2.75, 3.05) is 12.8 Å². The molecule has 19 heavy (non-hydrogen) atoms. The lowest BCUT2D eigenvalue weighted by Crippen LogP contribution is -2.16. The molecule has 0 atom stereocenters. The molecule has 2 rings (SSSR count). The molecule has 0 aromatic heterocycles. The predicted molar refractivity (Wildman–Crippen MR) is 75.0 cm³/mol. The number of nitrogens with one attached hydrogen (secondary N) is 1. The van der Waals surface area contributed by atoms with Crippen LogP contribution >= 0.6 is 0 Å². The maximum absolute atomic E-state index is 12.2. The molecule has 0 spiro atoms. The van der Waals surface area contributed by atoms with Crippen molar-refractivity contribution in [3.05, 3.63) is 59.7 Å². The Kier molecular flexibility index (Phi) is 3.61. The third-order valence-corrected chi connectivity index (χ3v) is 2.79. The molecule has 0 unspecified atom stereocenters. The van der Waals surface area contributed by atoms with Gasteiger partial charge in [-0.05, 0) is 18.2 Å². The number of para-hydroxylation sites is 1. The second-order valence-corrected chi connectivity index (χ2v) is 4.02. The third-order valence-electron chi connectivity index (χ3n) is 2.79. The molecule has 0 heterocycles. The van der Waals surface area contributed by atoms with E-state index < -0.39 is 0 Å². The van der Waals surface area contributed by atoms with Crippen molar-refractivity contribution in [2.45, 2.75) is 0 Å². The molecule has 0 aliphatic heterocycles. The molecule has 2 aromatic carbocycles. The fourth-order valence-electron chi connectivity index (χ4n) is 1.76. The van der Waals surface area contributed by atoms with E-state index in [1.807, 2.05) is 0 Å². The van der Waals surface area contributed by atoms with Gasteiger partial charge >= 0.3 is 0 Å². The summed E-state index contributed by atoms with van der Waals surface area (Å²) in [5, 5.41) is 7.97. The summed E-state index contributed by atoms with van der Waals surface area (Å²) in [6.45, 7) is 0. The highest BCUT2D eigenvalue weighted by molar-refractivity contribution is 6.51. The predicted octanol–water partition coefficient (Wildman–Crippen LogP) is 2.53. The Morgan fingerprint density at radius 2 is 1.89 bits per heavy atom. The van der Waals surface area contributed by atoms with Crippen LogP contribution in [0.2, 0.25) is 0 Å². The second kappa shape index (κ2) is 5.35. The number of benzene rings is 2. The van der Waals surface area contributed by atoms with Crippen molar-refractivity contribution in [3.8, 4) is 5.75 Å². The quantitative estimate of drug-likeness (QED) is 0.500. The highest BCUT2D eigenvalue weighted by Crippen LogP contribution is 2.17. The number of nitrogen functional groups attached to an aromatic ring is 1. The lowest BCUT2D eigenvalue weighted by molar-refractivity contribution is 0.106. The van der Waals surface area contributed by atoms with Crippen molar-refractivity contribution in [2.24, 2.45) is 0 Å². The van der Waals surface area contributed by atoms with E-state index in [1.54, 1.807) is 48.5 Å². The minimum absolute atomic E-state index is 0.119. The van der Waals surface area contributed by atoms with E-state index in [0.29, 0.717) is 22.6 Å². The van der Waals surface area contributed by atoms with Crippen molar-refractivity contribution in [3.63, 3.8) is 0 Å². The second-order valence-electron chi connectivity index (χ2n) is 4.02. The molecule has 0 bridgehead atoms. The smallest absolute Gasteiger partial charge is 0.211 e. The van der Waals surface area contributed by atoms with Gasteiger partial charge in [-0.2, -0.15) is 0 Å². The zero-order chi connectivity index (χ0) is 13.8. The van der Waals surface area contributed by atoms with Crippen LogP contribution in [-0.2, 0) is 0 Å². The molecule has 0 amide bonds. The SMILES string of the molecule is COc1cccc(C(=O)C(=N)c2ccccc2N)c1. The van der Waals surface area contributed by atoms with E-state index in [4.69, 9.17) is 15.9 Å². The van der Waals surface area contributed by atoms with E-state index >= 15 is 0 Å². The molecular weight excluding hydrogens is 240 g/mol. The Labute approximate surface area is 111 Å². The van der Waals surface area contributed by atoms with Gasteiger partial charge in [-0.25, -0.2) is 0 Å². The lowest BCUT2D eigenvalue weighted by atomic mass is 9.99. The number of anilines is 1. The average molecular weight is 254 g/mol. The number of nitrogens with two attached hydrogens (primary N) is 1. The molecule has 96 valence electrons. The first kappa shape index (κ1) is 12.8. The summed E-state index contributed by atoms with van der Waals surface area (Å²) in [4.78, 5) is 12.2. The van der Waals surface area contributed by atoms with E-state index in [0.717, 1.165) is 0 Å². The molecule has 0 saturated carbocycles. The van der Waals surface area contributed by atoms with Crippen LogP contribution in [0.3, 0.4) is 0 Å². The van der Waals surface area contributed by atoms with Crippen LogP contribution in [0.5, 0.6) is 5.75 Å². The molecule has 0 saturated heterocycles. The van der Waals surface area contributed by atoms with Crippen LogP contribution in [0.1, 0.15) is 15.9 Å². The first-order valence-electron chi connectivity index (χ1n) is 5.75. The summed E-state index contributed by atoms with van der Waals surface area (Å²) in [5.74, 6) is 0.205. The highest BCUT2D eigenvalue weighted by Gasteiger charge is 2.16. The van der Waals surface area contributed by atoms with Gasteiger partial charge in [-0.3, -0.25) is 10.2 Å². The number of methoxy groups -OCH3 is 1. The molecule has 0 fully saturated rings. The number of ether oxygens (including phenoxy) is 1. The van der Waals surface area contributed by atoms with Gasteiger partial charge in [-0.15, -0.1) is 0 Å². The molecule has 4 nitrogen and oxygen atoms in total. The summed E-state index contributed by atoms with van der Waals surface area (Å²) < 4.78 is 5.07. The Hall–Kier alpha value is -2.62. The number of rotatable bonds is 4. The summed E-state index contributed by atoms with van der Waals surface area (Å²) in [6, 6.07) is 13.6. The largest absolute Gasteiger partial charge is 0.497 e. The standard InChI is InChI=1S/C15H14N2O2/c1-19-11-6-4-5-10(9-11)15(18)14(17)12-7-2-3-8-13(12)16/h2-9,17H,16H2,1H3. The number of hydrogen-bond donors (Lipinski definition) is 2. The molecule has 0 radical (unpaired) electrons. The molecule has 4 heteroatoms. The molecule has 0 aliphatic rings. The number of carbonyl (C=O) groups is 1. The van der Waals surface area contributed by atoms with E-state index in [9.17, 15) is 4.79 Å². The number of ketones is 1. The van der Waals surface area contributed by atoms with E-state index in [2.05, 4.69) is 0 Å². The van der Waals surface area contributed by atoms with Gasteiger partial charge in [-0.1, -0.05) is 30.3 Å². The number of Topliss-reactive ketones (excluding diaryl/α,β-unsaturated/α-hetero) is 1. The van der Waals surface area contributed by atoms with Crippen LogP contribution in [0.25, 0.3) is 0 Å². The van der Waals surface area contributed by atoms with Crippen LogP contribution in [0.15, 0.2) is 48.5 Å². The van der Waals surface area contributed by atoms with Crippen molar-refractivity contribution in [1.82, 2.24) is 0 Å². The molecule has 3 N–H and O–H groups in total. The zero-order valence-corrected chi connectivity index (χ0v) is 10.5. The van der Waals surface area contributed by atoms with Gasteiger partial charge in [0.1, 0.15) is 11.5 Å². The number of carbonyl (C=O) groups excluding carboxylic acids is 1. The summed E-state index contributed by atoms with van der Waals surface area (Å²) in [7, 11) is 1.53. The lowest BCUT2D eigenvalue weighted by Gasteiger charge is -2.07. The van der Waals surface area contributed by atoms with Crippen molar-refractivity contribution >= 4 is 17.2 Å². The summed E-state index contributed by atoms with van der Waals surface area (Å²) in [5.41, 5.74) is 6.93. The van der Waals surface area contributed by atoms with Gasteiger partial charge in [0, 0.05) is 16.8 Å². The van der Waals surface area contributed by atoms with Gasteiger partial charge in [0.25, 0.3) is 0 Å². The van der Waals surface area contributed by atoms with Gasteiger partial charge in [0.2, 0.25) is 5.78 Å². The Bertz CT molecular complexity index is 636. The summed E-state index contributed by atoms with van der Waals surface area (Å²) >= 11 is 0. The molecular formula is C15H14N2O2. The van der Waals surface area contributed by atoms with Crippen LogP contribution < -0.4 is 10.5 Å². The fraction of sp³-hybridized carbons (Fsp3) is 0.0667. The Morgan fingerprint density at radius 1 is 1.16 bits per heavy atom. The molecule has 0 aliphatic carbocycles. The number of hydrogen-bond acceptors (Lipinski definition) is 4. The molecule has 2 aromatic rings. The maximum Gasteiger partial charge on any atom is 0.211 e. The minimum atomic E-state index is -0.378. The summed E-state index contributed by atoms with van der Waals surface area (Å²) in [6.07, 6.45) is 0. The van der Waals surface area contributed by atoms with Crippen molar-refractivity contribution in [1.29, 1.82) is 5.41 Å². The van der Waals surface area contributed by atoms with E-state index in [-0.39, 0.29) is 11.5 Å². The van der Waals surface area contributed by atoms with Gasteiger partial charge in [0.05, 0.1) is 7.11 Å². The fourth-order valence-corrected chi connectivity index (χ4v) is 1.76.